The van der Waals surface area contributed by atoms with E-state index in [-0.39, 0.29) is 5.56 Å². The number of thiophene rings is 1. The summed E-state index contributed by atoms with van der Waals surface area (Å²) in [6.45, 7) is 8.75. The summed E-state index contributed by atoms with van der Waals surface area (Å²) >= 11 is 1.29. The topological polar surface area (TPSA) is 42.2 Å². The van der Waals surface area contributed by atoms with Gasteiger partial charge in [0.05, 0.1) is 28.4 Å². The van der Waals surface area contributed by atoms with Crippen LogP contribution in [0.5, 0.6) is 0 Å². The summed E-state index contributed by atoms with van der Waals surface area (Å²) in [5.41, 5.74) is 0.370. The van der Waals surface area contributed by atoms with Gasteiger partial charge < -0.3 is 5.32 Å². The van der Waals surface area contributed by atoms with E-state index in [4.69, 9.17) is 6.57 Å². The van der Waals surface area contributed by atoms with E-state index in [1.165, 1.54) is 29.8 Å². The van der Waals surface area contributed by atoms with Gasteiger partial charge in [0.25, 0.3) is 0 Å². The number of nitrogens with zero attached hydrogens (tertiary/aromatic N) is 3. The summed E-state index contributed by atoms with van der Waals surface area (Å²) < 4.78 is 40.1. The third-order valence-corrected chi connectivity index (χ3v) is 4.50. The zero-order valence-corrected chi connectivity index (χ0v) is 13.2. The van der Waals surface area contributed by atoms with Gasteiger partial charge in [-0.05, 0) is 23.9 Å². The minimum Gasteiger partial charge on any atom is -0.362 e. The van der Waals surface area contributed by atoms with Crippen LogP contribution < -0.4 is 5.32 Å². The Bertz CT molecular complexity index is 927. The summed E-state index contributed by atoms with van der Waals surface area (Å²) in [5.74, 6) is 0.421. The summed E-state index contributed by atoms with van der Waals surface area (Å²) in [6.07, 6.45) is -3.12. The van der Waals surface area contributed by atoms with Crippen molar-refractivity contribution in [2.24, 2.45) is 0 Å². The third kappa shape index (κ3) is 2.90. The molecule has 3 aromatic rings. The molecular formula is C16H11F3N4S. The van der Waals surface area contributed by atoms with Crippen molar-refractivity contribution >= 4 is 33.1 Å². The van der Waals surface area contributed by atoms with Crippen molar-refractivity contribution in [3.8, 4) is 0 Å². The SMILES string of the molecule is [C-]#[N+]c1csc2c(NC(C)c3ccccc3C(F)(F)F)ncnc12. The summed E-state index contributed by atoms with van der Waals surface area (Å²) in [7, 11) is 0. The molecule has 0 saturated carbocycles. The molecule has 0 aliphatic heterocycles. The van der Waals surface area contributed by atoms with Gasteiger partial charge in [-0.3, -0.25) is 0 Å². The van der Waals surface area contributed by atoms with Crippen molar-refractivity contribution in [2.45, 2.75) is 19.1 Å². The molecule has 1 aromatic carbocycles. The maximum Gasteiger partial charge on any atom is 0.416 e. The van der Waals surface area contributed by atoms with E-state index >= 15 is 0 Å². The molecule has 0 spiro atoms. The molecule has 0 fully saturated rings. The molecule has 2 heterocycles. The molecular weight excluding hydrogens is 337 g/mol. The number of benzene rings is 1. The second-order valence-electron chi connectivity index (χ2n) is 5.08. The average molecular weight is 348 g/mol. The lowest BCUT2D eigenvalue weighted by molar-refractivity contribution is -0.138. The van der Waals surface area contributed by atoms with E-state index in [1.54, 1.807) is 18.4 Å². The molecule has 0 aliphatic carbocycles. The quantitative estimate of drug-likeness (QED) is 0.641. The Morgan fingerprint density at radius 3 is 2.71 bits per heavy atom. The Hall–Kier alpha value is -2.66. The molecule has 1 N–H and O–H groups in total. The first-order valence-corrected chi connectivity index (χ1v) is 7.82. The number of rotatable bonds is 3. The first-order chi connectivity index (χ1) is 11.4. The number of hydrogen-bond acceptors (Lipinski definition) is 4. The fourth-order valence-corrected chi connectivity index (χ4v) is 3.32. The third-order valence-electron chi connectivity index (χ3n) is 3.54. The summed E-state index contributed by atoms with van der Waals surface area (Å²) in [6, 6.07) is 4.83. The lowest BCUT2D eigenvalue weighted by Gasteiger charge is -2.20. The van der Waals surface area contributed by atoms with E-state index in [1.807, 2.05) is 0 Å². The highest BCUT2D eigenvalue weighted by molar-refractivity contribution is 7.18. The van der Waals surface area contributed by atoms with Crippen LogP contribution in [0.4, 0.5) is 24.7 Å². The van der Waals surface area contributed by atoms with E-state index < -0.39 is 17.8 Å². The van der Waals surface area contributed by atoms with Crippen molar-refractivity contribution in [2.75, 3.05) is 5.32 Å². The van der Waals surface area contributed by atoms with Crippen molar-refractivity contribution in [1.29, 1.82) is 0 Å². The molecule has 0 saturated heterocycles. The van der Waals surface area contributed by atoms with E-state index in [9.17, 15) is 13.2 Å². The van der Waals surface area contributed by atoms with E-state index in [2.05, 4.69) is 20.1 Å². The van der Waals surface area contributed by atoms with Gasteiger partial charge in [0, 0.05) is 0 Å². The molecule has 24 heavy (non-hydrogen) atoms. The highest BCUT2D eigenvalue weighted by atomic mass is 32.1. The van der Waals surface area contributed by atoms with Crippen molar-refractivity contribution in [3.63, 3.8) is 0 Å². The number of fused-ring (bicyclic) bond motifs is 1. The largest absolute Gasteiger partial charge is 0.416 e. The van der Waals surface area contributed by atoms with Gasteiger partial charge >= 0.3 is 6.18 Å². The van der Waals surface area contributed by atoms with Crippen LogP contribution in [0.15, 0.2) is 36.0 Å². The monoisotopic (exact) mass is 348 g/mol. The number of anilines is 1. The van der Waals surface area contributed by atoms with Gasteiger partial charge in [-0.25, -0.2) is 14.8 Å². The Labute approximate surface area is 139 Å². The standard InChI is InChI=1S/C16H11F3N4S/c1-9(10-5-3-4-6-11(10)16(17,18)19)23-15-14-13(21-8-22-15)12(20-2)7-24-14/h3-9H,1H3,(H,21,22,23). The fourth-order valence-electron chi connectivity index (χ4n) is 2.44. The number of alkyl halides is 3. The minimum absolute atomic E-state index is 0.138. The smallest absolute Gasteiger partial charge is 0.362 e. The van der Waals surface area contributed by atoms with Crippen LogP contribution in [0.2, 0.25) is 0 Å². The summed E-state index contributed by atoms with van der Waals surface area (Å²) in [4.78, 5) is 11.6. The van der Waals surface area contributed by atoms with Gasteiger partial charge in [-0.2, -0.15) is 24.5 Å². The zero-order chi connectivity index (χ0) is 17.3. The highest BCUT2D eigenvalue weighted by Crippen LogP contribution is 2.38. The van der Waals surface area contributed by atoms with Crippen LogP contribution in [0.1, 0.15) is 24.1 Å². The van der Waals surface area contributed by atoms with Crippen molar-refractivity contribution in [1.82, 2.24) is 9.97 Å². The molecule has 1 atom stereocenters. The fraction of sp³-hybridized carbons (Fsp3) is 0.188. The molecule has 0 amide bonds. The van der Waals surface area contributed by atoms with Gasteiger partial charge in [-0.1, -0.05) is 18.2 Å². The zero-order valence-electron chi connectivity index (χ0n) is 12.4. The number of aromatic nitrogens is 2. The molecule has 0 bridgehead atoms. The van der Waals surface area contributed by atoms with Gasteiger partial charge in [-0.15, -0.1) is 0 Å². The minimum atomic E-state index is -4.42. The predicted octanol–water partition coefficient (Wildman–Crippen LogP) is 5.43. The second-order valence-corrected chi connectivity index (χ2v) is 5.96. The average Bonchev–Trinajstić information content (AvgIpc) is 2.98. The maximum absolute atomic E-state index is 13.2. The molecule has 2 aromatic heterocycles. The molecule has 0 radical (unpaired) electrons. The van der Waals surface area contributed by atoms with E-state index in [0.717, 1.165) is 6.07 Å². The first kappa shape index (κ1) is 16.2. The second kappa shape index (κ2) is 6.09. The Kier molecular flexibility index (Phi) is 4.11. The number of nitrogens with one attached hydrogen (secondary N) is 1. The van der Waals surface area contributed by atoms with Crippen LogP contribution in [-0.2, 0) is 6.18 Å². The van der Waals surface area contributed by atoms with Gasteiger partial charge in [0.15, 0.2) is 0 Å². The lowest BCUT2D eigenvalue weighted by atomic mass is 10.0. The highest BCUT2D eigenvalue weighted by Gasteiger charge is 2.34. The Morgan fingerprint density at radius 2 is 2.00 bits per heavy atom. The predicted molar refractivity (Wildman–Crippen MR) is 87.2 cm³/mol. The lowest BCUT2D eigenvalue weighted by Crippen LogP contribution is -2.15. The molecule has 0 aliphatic rings. The molecule has 1 unspecified atom stereocenters. The van der Waals surface area contributed by atoms with Gasteiger partial charge in [0.1, 0.15) is 12.1 Å². The van der Waals surface area contributed by atoms with Gasteiger partial charge in [0.2, 0.25) is 5.69 Å². The Morgan fingerprint density at radius 1 is 1.25 bits per heavy atom. The van der Waals surface area contributed by atoms with Crippen LogP contribution in [-0.4, -0.2) is 9.97 Å². The molecule has 4 nitrogen and oxygen atoms in total. The van der Waals surface area contributed by atoms with Crippen molar-refractivity contribution in [3.05, 3.63) is 58.5 Å². The molecule has 122 valence electrons. The molecule has 3 rings (SSSR count). The van der Waals surface area contributed by atoms with Crippen LogP contribution in [0.25, 0.3) is 15.1 Å². The van der Waals surface area contributed by atoms with E-state index in [0.29, 0.717) is 21.7 Å². The maximum atomic E-state index is 13.2. The normalized spacial score (nSPS) is 12.8. The number of hydrogen-bond donors (Lipinski definition) is 1. The summed E-state index contributed by atoms with van der Waals surface area (Å²) in [5, 5.41) is 4.67. The molecule has 8 heteroatoms. The van der Waals surface area contributed by atoms with Crippen molar-refractivity contribution < 1.29 is 13.2 Å². The van der Waals surface area contributed by atoms with Crippen LogP contribution in [0, 0.1) is 6.57 Å². The van der Waals surface area contributed by atoms with Crippen LogP contribution in [0.3, 0.4) is 0 Å². The Balaban J connectivity index is 1.99. The van der Waals surface area contributed by atoms with Crippen LogP contribution >= 0.6 is 11.3 Å². The first-order valence-electron chi connectivity index (χ1n) is 6.94. The number of halogens is 3.